The van der Waals surface area contributed by atoms with Crippen molar-refractivity contribution in [3.63, 3.8) is 0 Å². The van der Waals surface area contributed by atoms with Crippen molar-refractivity contribution in [2.75, 3.05) is 0 Å². The molecule has 0 saturated heterocycles. The van der Waals surface area contributed by atoms with E-state index in [1.54, 1.807) is 0 Å². The van der Waals surface area contributed by atoms with Crippen LogP contribution in [0.15, 0.2) is 105 Å². The van der Waals surface area contributed by atoms with E-state index >= 15 is 0 Å². The van der Waals surface area contributed by atoms with Crippen molar-refractivity contribution in [3.05, 3.63) is 122 Å². The normalized spacial score (nSPS) is 17.4. The summed E-state index contributed by atoms with van der Waals surface area (Å²) in [5.74, 6) is 1.24. The third-order valence-corrected chi connectivity index (χ3v) is 11.2. The van der Waals surface area contributed by atoms with E-state index in [4.69, 9.17) is 4.74 Å². The number of hydrogen-bond acceptors (Lipinski definition) is 2. The zero-order chi connectivity index (χ0) is 40.8. The highest BCUT2D eigenvalue weighted by Gasteiger charge is 2.28. The van der Waals surface area contributed by atoms with Crippen LogP contribution in [0, 0.1) is 13.8 Å². The summed E-state index contributed by atoms with van der Waals surface area (Å²) in [6.07, 6.45) is 41.7. The van der Waals surface area contributed by atoms with E-state index in [0.717, 1.165) is 93.1 Å². The molecule has 0 amide bonds. The molecule has 1 aromatic rings. The largest absolute Gasteiger partial charge is 0.508 e. The molecule has 1 N–H and O–H groups in total. The van der Waals surface area contributed by atoms with Gasteiger partial charge in [-0.3, -0.25) is 0 Å². The van der Waals surface area contributed by atoms with Gasteiger partial charge in [-0.15, -0.1) is 0 Å². The highest BCUT2D eigenvalue weighted by Crippen LogP contribution is 2.40. The monoisotopic (exact) mass is 749 g/mol. The quantitative estimate of drug-likeness (QED) is 0.107. The Bertz CT molecular complexity index is 1640. The summed E-state index contributed by atoms with van der Waals surface area (Å²) in [5, 5.41) is 10.2. The Morgan fingerprint density at radius 1 is 0.509 bits per heavy atom. The highest BCUT2D eigenvalue weighted by atomic mass is 16.5. The van der Waals surface area contributed by atoms with Crippen LogP contribution in [0.3, 0.4) is 0 Å². The van der Waals surface area contributed by atoms with Gasteiger partial charge >= 0.3 is 0 Å². The minimum absolute atomic E-state index is 0.327. The average Bonchev–Trinajstić information content (AvgIpc) is 3.11. The summed E-state index contributed by atoms with van der Waals surface area (Å²) < 4.78 is 6.47. The first-order chi connectivity index (χ1) is 26.1. The van der Waals surface area contributed by atoms with Crippen molar-refractivity contribution < 1.29 is 9.84 Å². The number of phenols is 1. The Hall–Kier alpha value is -3.52. The molecular formula is C53H80O2. The van der Waals surface area contributed by atoms with Crippen LogP contribution >= 0.6 is 0 Å². The smallest absolute Gasteiger partial charge is 0.131 e. The Morgan fingerprint density at radius 3 is 1.18 bits per heavy atom. The Kier molecular flexibility index (Phi) is 22.2. The molecule has 0 aliphatic carbocycles. The maximum absolute atomic E-state index is 10.2. The fraction of sp³-hybridized carbons (Fsp3) is 0.547. The molecule has 2 heteroatoms. The number of rotatable bonds is 24. The summed E-state index contributed by atoms with van der Waals surface area (Å²) in [4.78, 5) is 0. The molecule has 304 valence electrons. The van der Waals surface area contributed by atoms with E-state index in [1.165, 1.54) is 76.7 Å². The van der Waals surface area contributed by atoms with Crippen molar-refractivity contribution in [1.29, 1.82) is 0 Å². The number of phenolic OH excluding ortho intramolecular Hbond substituents is 1. The first-order valence-electron chi connectivity index (χ1n) is 21.5. The molecule has 1 aliphatic rings. The van der Waals surface area contributed by atoms with Gasteiger partial charge < -0.3 is 9.84 Å². The summed E-state index contributed by atoms with van der Waals surface area (Å²) in [5.41, 5.74) is 14.5. The van der Waals surface area contributed by atoms with Gasteiger partial charge in [-0.05, 0) is 209 Å². The molecule has 2 nitrogen and oxygen atoms in total. The van der Waals surface area contributed by atoms with Crippen LogP contribution in [0.5, 0.6) is 11.5 Å². The van der Waals surface area contributed by atoms with E-state index in [1.807, 2.05) is 19.9 Å². The molecular weight excluding hydrogens is 669 g/mol. The maximum atomic E-state index is 10.2. The molecule has 0 radical (unpaired) electrons. The van der Waals surface area contributed by atoms with Crippen molar-refractivity contribution in [2.45, 2.75) is 191 Å². The van der Waals surface area contributed by atoms with Gasteiger partial charge in [0.2, 0.25) is 0 Å². The zero-order valence-electron chi connectivity index (χ0n) is 37.5. The Balaban J connectivity index is 1.60. The number of benzene rings is 1. The van der Waals surface area contributed by atoms with Crippen molar-refractivity contribution >= 4 is 6.08 Å². The van der Waals surface area contributed by atoms with Gasteiger partial charge in [0.05, 0.1) is 0 Å². The van der Waals surface area contributed by atoms with Crippen LogP contribution in [0.2, 0.25) is 0 Å². The number of allylic oxidation sites excluding steroid dienone is 16. The second kappa shape index (κ2) is 25.6. The highest BCUT2D eigenvalue weighted by molar-refractivity contribution is 5.67. The molecule has 0 saturated carbocycles. The lowest BCUT2D eigenvalue weighted by molar-refractivity contribution is 0.127. The van der Waals surface area contributed by atoms with E-state index < -0.39 is 0 Å². The molecule has 1 aromatic carbocycles. The van der Waals surface area contributed by atoms with E-state index in [2.05, 4.69) is 130 Å². The lowest BCUT2D eigenvalue weighted by Gasteiger charge is -2.33. The topological polar surface area (TPSA) is 29.5 Å². The van der Waals surface area contributed by atoms with Crippen molar-refractivity contribution in [3.8, 4) is 11.5 Å². The molecule has 0 spiro atoms. The van der Waals surface area contributed by atoms with E-state index in [0.29, 0.717) is 5.75 Å². The van der Waals surface area contributed by atoms with Crippen LogP contribution in [0.25, 0.3) is 6.08 Å². The third kappa shape index (κ3) is 20.3. The molecule has 0 unspecified atom stereocenters. The second-order valence-corrected chi connectivity index (χ2v) is 17.3. The Labute approximate surface area is 339 Å². The molecule has 0 fully saturated rings. The van der Waals surface area contributed by atoms with Crippen molar-refractivity contribution in [1.82, 2.24) is 0 Å². The lowest BCUT2D eigenvalue weighted by Crippen LogP contribution is -2.32. The van der Waals surface area contributed by atoms with Gasteiger partial charge in [0.25, 0.3) is 0 Å². The predicted octanol–water partition coefficient (Wildman–Crippen LogP) is 17.0. The summed E-state index contributed by atoms with van der Waals surface area (Å²) in [6, 6.07) is 1.81. The molecule has 55 heavy (non-hydrogen) atoms. The van der Waals surface area contributed by atoms with Crippen LogP contribution in [-0.2, 0) is 0 Å². The van der Waals surface area contributed by atoms with Gasteiger partial charge in [0, 0.05) is 5.56 Å². The minimum atomic E-state index is -0.327. The average molecular weight is 749 g/mol. The fourth-order valence-corrected chi connectivity index (χ4v) is 7.01. The molecule has 1 atom stereocenters. The number of ether oxygens (including phenoxy) is 1. The lowest BCUT2D eigenvalue weighted by atomic mass is 9.92. The first kappa shape index (κ1) is 47.6. The first-order valence-corrected chi connectivity index (χ1v) is 21.5. The molecule has 2 rings (SSSR count). The van der Waals surface area contributed by atoms with Crippen LogP contribution in [0.4, 0.5) is 0 Å². The van der Waals surface area contributed by atoms with Crippen LogP contribution in [-0.4, -0.2) is 10.7 Å². The van der Waals surface area contributed by atoms with E-state index in [9.17, 15) is 5.11 Å². The fourth-order valence-electron chi connectivity index (χ4n) is 7.01. The van der Waals surface area contributed by atoms with Gasteiger partial charge in [0.15, 0.2) is 0 Å². The number of hydrogen-bond donors (Lipinski definition) is 1. The predicted molar refractivity (Wildman–Crippen MR) is 245 cm³/mol. The SMILES string of the molecule is CC(C)=CCCC(C)=CCCC(C)=CCCC(C)=CCCC(C)=CCCC(C)=CCCC(C)=CCCC(C)=CCC[C@]1(C)C=Cc2cc(O)c(C)c(C)c2O1. The molecule has 1 heterocycles. The van der Waals surface area contributed by atoms with Crippen LogP contribution in [0.1, 0.15) is 189 Å². The molecule has 0 aromatic heterocycles. The Morgan fingerprint density at radius 2 is 0.836 bits per heavy atom. The molecule has 1 aliphatic heterocycles. The van der Waals surface area contributed by atoms with Crippen molar-refractivity contribution in [2.24, 2.45) is 0 Å². The van der Waals surface area contributed by atoms with Crippen LogP contribution < -0.4 is 4.74 Å². The van der Waals surface area contributed by atoms with Gasteiger partial charge in [0.1, 0.15) is 17.1 Å². The second-order valence-electron chi connectivity index (χ2n) is 17.3. The zero-order valence-corrected chi connectivity index (χ0v) is 37.5. The summed E-state index contributed by atoms with van der Waals surface area (Å²) in [6.45, 7) is 26.5. The minimum Gasteiger partial charge on any atom is -0.508 e. The van der Waals surface area contributed by atoms with Gasteiger partial charge in [-0.2, -0.15) is 0 Å². The van der Waals surface area contributed by atoms with Gasteiger partial charge in [-0.25, -0.2) is 0 Å². The third-order valence-electron chi connectivity index (χ3n) is 11.2. The summed E-state index contributed by atoms with van der Waals surface area (Å²) >= 11 is 0. The summed E-state index contributed by atoms with van der Waals surface area (Å²) in [7, 11) is 0. The number of fused-ring (bicyclic) bond motifs is 1. The van der Waals surface area contributed by atoms with Gasteiger partial charge in [-0.1, -0.05) is 99.3 Å². The molecule has 0 bridgehead atoms. The number of aromatic hydroxyl groups is 1. The van der Waals surface area contributed by atoms with E-state index in [-0.39, 0.29) is 5.60 Å². The standard InChI is InChI=1S/C53H80O2/c1-40(2)21-13-22-41(3)23-14-24-42(4)25-15-26-43(5)27-16-28-44(6)29-17-30-45(7)31-18-32-46(8)33-19-34-47(9)35-20-37-53(12)38-36-50-39-51(54)48(10)49(11)52(50)55-53/h21,23,25,27,29,31,33,35-36,38-39,54H,13-20,22,24,26,28,30,32,34,37H2,1-12H3/t53-/m1/s1. The maximum Gasteiger partial charge on any atom is 0.131 e.